The van der Waals surface area contributed by atoms with E-state index in [-0.39, 0.29) is 41.2 Å². The van der Waals surface area contributed by atoms with Crippen LogP contribution in [0.3, 0.4) is 0 Å². The Morgan fingerprint density at radius 2 is 1.90 bits per heavy atom. The highest BCUT2D eigenvalue weighted by atomic mass is 19.2. The van der Waals surface area contributed by atoms with Crippen molar-refractivity contribution >= 4 is 17.1 Å². The molecule has 10 heteroatoms. The van der Waals surface area contributed by atoms with E-state index < -0.39 is 28.9 Å². The first-order valence-corrected chi connectivity index (χ1v) is 9.17. The zero-order valence-corrected chi connectivity index (χ0v) is 16.2. The van der Waals surface area contributed by atoms with Gasteiger partial charge in [-0.2, -0.15) is 4.98 Å². The molecular weight excluding hydrogens is 410 g/mol. The summed E-state index contributed by atoms with van der Waals surface area (Å²) in [5.74, 6) is -3.54. The van der Waals surface area contributed by atoms with Crippen molar-refractivity contribution in [1.82, 2.24) is 19.9 Å². The van der Waals surface area contributed by atoms with Crippen molar-refractivity contribution in [3.8, 4) is 5.75 Å². The molecule has 0 unspecified atom stereocenters. The molecule has 0 aliphatic heterocycles. The molecule has 0 atom stereocenters. The predicted molar refractivity (Wildman–Crippen MR) is 105 cm³/mol. The minimum Gasteiger partial charge on any atom is -0.505 e. The average molecular weight is 426 g/mol. The summed E-state index contributed by atoms with van der Waals surface area (Å²) in [5, 5.41) is 13.2. The number of hydrogen-bond donors (Lipinski definition) is 2. The molecule has 0 radical (unpaired) electrons. The van der Waals surface area contributed by atoms with E-state index in [1.165, 1.54) is 13.1 Å². The Morgan fingerprint density at radius 3 is 2.61 bits per heavy atom. The number of oxazole rings is 1. The van der Waals surface area contributed by atoms with Crippen molar-refractivity contribution in [3.63, 3.8) is 0 Å². The maximum atomic E-state index is 13.5. The fourth-order valence-corrected chi connectivity index (χ4v) is 3.10. The molecule has 4 rings (SSSR count). The summed E-state index contributed by atoms with van der Waals surface area (Å²) >= 11 is 0. The minimum absolute atomic E-state index is 0.0851. The van der Waals surface area contributed by atoms with E-state index in [4.69, 9.17) is 4.42 Å². The van der Waals surface area contributed by atoms with E-state index in [9.17, 15) is 23.5 Å². The summed E-state index contributed by atoms with van der Waals surface area (Å²) in [6.45, 7) is 0.201. The fraction of sp³-hybridized carbons (Fsp3) is 0.143. The van der Waals surface area contributed by atoms with Crippen LogP contribution < -0.4 is 10.9 Å². The number of rotatable bonds is 5. The van der Waals surface area contributed by atoms with Crippen LogP contribution in [0.2, 0.25) is 0 Å². The molecule has 0 aliphatic rings. The van der Waals surface area contributed by atoms with E-state index >= 15 is 0 Å². The van der Waals surface area contributed by atoms with Gasteiger partial charge in [-0.25, -0.2) is 8.78 Å². The van der Waals surface area contributed by atoms with Gasteiger partial charge >= 0.3 is 5.91 Å². The van der Waals surface area contributed by atoms with Crippen LogP contribution in [-0.4, -0.2) is 25.5 Å². The number of nitrogens with zero attached hydrogens (tertiary/aromatic N) is 3. The van der Waals surface area contributed by atoms with Gasteiger partial charge in [0.15, 0.2) is 22.9 Å². The van der Waals surface area contributed by atoms with Crippen LogP contribution in [0.4, 0.5) is 8.78 Å². The summed E-state index contributed by atoms with van der Waals surface area (Å²) in [7, 11) is 1.39. The molecule has 31 heavy (non-hydrogen) atoms. The van der Waals surface area contributed by atoms with Crippen molar-refractivity contribution in [1.29, 1.82) is 0 Å². The standard InChI is InChI=1S/C21H16F2N4O4/c1-27-20(30)13(8-12-2-3-14(22)15(23)9-12)17(28)16-21(27)31-19(26-16)18(29)25-10-11-4-6-24-7-5-11/h2-7,9,28H,8,10H2,1H3,(H,25,29). The summed E-state index contributed by atoms with van der Waals surface area (Å²) < 4.78 is 33.2. The highest BCUT2D eigenvalue weighted by Gasteiger charge is 2.23. The van der Waals surface area contributed by atoms with Gasteiger partial charge in [0, 0.05) is 32.4 Å². The number of carbonyl (C=O) groups excluding carboxylic acids is 1. The summed E-state index contributed by atoms with van der Waals surface area (Å²) in [6, 6.07) is 6.65. The van der Waals surface area contributed by atoms with Gasteiger partial charge in [0.25, 0.3) is 11.4 Å². The van der Waals surface area contributed by atoms with Crippen molar-refractivity contribution in [2.45, 2.75) is 13.0 Å². The Kier molecular flexibility index (Phi) is 5.20. The Morgan fingerprint density at radius 1 is 1.16 bits per heavy atom. The molecule has 0 saturated carbocycles. The van der Waals surface area contributed by atoms with Gasteiger partial charge in [0.2, 0.25) is 5.71 Å². The summed E-state index contributed by atoms with van der Waals surface area (Å²) in [4.78, 5) is 33.0. The van der Waals surface area contributed by atoms with E-state index in [2.05, 4.69) is 15.3 Å². The molecule has 3 heterocycles. The highest BCUT2D eigenvalue weighted by Crippen LogP contribution is 2.28. The number of amides is 1. The van der Waals surface area contributed by atoms with E-state index in [1.54, 1.807) is 24.5 Å². The number of aryl methyl sites for hydroxylation is 1. The molecular formula is C21H16F2N4O4. The third kappa shape index (κ3) is 3.87. The van der Waals surface area contributed by atoms with Gasteiger partial charge in [0.1, 0.15) is 0 Å². The third-order valence-corrected chi connectivity index (χ3v) is 4.75. The molecule has 4 aromatic rings. The van der Waals surface area contributed by atoms with Crippen LogP contribution in [0, 0.1) is 11.6 Å². The van der Waals surface area contributed by atoms with E-state index in [0.29, 0.717) is 0 Å². The van der Waals surface area contributed by atoms with Gasteiger partial charge in [-0.1, -0.05) is 6.07 Å². The number of aromatic hydroxyl groups is 1. The van der Waals surface area contributed by atoms with Crippen LogP contribution in [0.1, 0.15) is 27.4 Å². The Labute approximate surface area is 173 Å². The topological polar surface area (TPSA) is 110 Å². The zero-order valence-electron chi connectivity index (χ0n) is 16.2. The van der Waals surface area contributed by atoms with E-state index in [1.807, 2.05) is 0 Å². The van der Waals surface area contributed by atoms with Crippen LogP contribution >= 0.6 is 0 Å². The number of hydrogen-bond acceptors (Lipinski definition) is 6. The number of fused-ring (bicyclic) bond motifs is 1. The lowest BCUT2D eigenvalue weighted by molar-refractivity contribution is 0.0918. The molecule has 8 nitrogen and oxygen atoms in total. The smallest absolute Gasteiger partial charge is 0.307 e. The van der Waals surface area contributed by atoms with Gasteiger partial charge < -0.3 is 14.8 Å². The molecule has 0 saturated heterocycles. The molecule has 0 spiro atoms. The molecule has 158 valence electrons. The molecule has 0 bridgehead atoms. The number of pyridine rings is 2. The van der Waals surface area contributed by atoms with Gasteiger partial charge in [-0.05, 0) is 35.4 Å². The first-order valence-electron chi connectivity index (χ1n) is 9.17. The first kappa shape index (κ1) is 20.2. The SMILES string of the molecule is Cn1c(=O)c(Cc2ccc(F)c(F)c2)c(O)c2nc(C(=O)NCc3ccncc3)oc21. The third-order valence-electron chi connectivity index (χ3n) is 4.75. The number of benzene rings is 1. The fourth-order valence-electron chi connectivity index (χ4n) is 3.10. The molecule has 1 amide bonds. The summed E-state index contributed by atoms with van der Waals surface area (Å²) in [5.41, 5.74) is 0.208. The second-order valence-electron chi connectivity index (χ2n) is 6.83. The number of carbonyl (C=O) groups is 1. The van der Waals surface area contributed by atoms with Crippen molar-refractivity contribution in [2.75, 3.05) is 0 Å². The molecule has 0 aliphatic carbocycles. The quantitative estimate of drug-likeness (QED) is 0.507. The zero-order chi connectivity index (χ0) is 22.1. The number of aromatic nitrogens is 3. The van der Waals surface area contributed by atoms with Gasteiger partial charge in [0.05, 0.1) is 5.56 Å². The predicted octanol–water partition coefficient (Wildman–Crippen LogP) is 2.43. The number of nitrogens with one attached hydrogen (secondary N) is 1. The Bertz CT molecular complexity index is 1350. The van der Waals surface area contributed by atoms with Crippen molar-refractivity contribution < 1.29 is 23.1 Å². The van der Waals surface area contributed by atoms with E-state index in [0.717, 1.165) is 22.3 Å². The lowest BCUT2D eigenvalue weighted by Gasteiger charge is -2.07. The second-order valence-corrected chi connectivity index (χ2v) is 6.83. The number of halogens is 2. The Hall–Kier alpha value is -4.08. The maximum Gasteiger partial charge on any atom is 0.307 e. The van der Waals surface area contributed by atoms with Crippen LogP contribution in [0.5, 0.6) is 5.75 Å². The Balaban J connectivity index is 1.66. The van der Waals surface area contributed by atoms with Crippen LogP contribution in [-0.2, 0) is 20.0 Å². The highest BCUT2D eigenvalue weighted by molar-refractivity contribution is 5.93. The normalized spacial score (nSPS) is 11.1. The van der Waals surface area contributed by atoms with Crippen molar-refractivity contribution in [3.05, 3.63) is 87.3 Å². The van der Waals surface area contributed by atoms with Gasteiger partial charge in [-0.15, -0.1) is 0 Å². The lowest BCUT2D eigenvalue weighted by atomic mass is 10.0. The maximum absolute atomic E-state index is 13.5. The molecule has 0 fully saturated rings. The molecule has 3 aromatic heterocycles. The molecule has 2 N–H and O–H groups in total. The summed E-state index contributed by atoms with van der Waals surface area (Å²) in [6.07, 6.45) is 3.01. The van der Waals surface area contributed by atoms with Crippen LogP contribution in [0.15, 0.2) is 51.9 Å². The first-order chi connectivity index (χ1) is 14.8. The minimum atomic E-state index is -1.07. The average Bonchev–Trinajstić information content (AvgIpc) is 3.23. The monoisotopic (exact) mass is 426 g/mol. The largest absolute Gasteiger partial charge is 0.505 e. The van der Waals surface area contributed by atoms with Gasteiger partial charge in [-0.3, -0.25) is 19.1 Å². The van der Waals surface area contributed by atoms with Crippen LogP contribution in [0.25, 0.3) is 11.2 Å². The lowest BCUT2D eigenvalue weighted by Crippen LogP contribution is -2.23. The second kappa shape index (κ2) is 7.98. The molecule has 1 aromatic carbocycles. The van der Waals surface area contributed by atoms with Crippen molar-refractivity contribution in [2.24, 2.45) is 7.05 Å².